The van der Waals surface area contributed by atoms with Crippen LogP contribution in [0, 0.1) is 13.0 Å². The Morgan fingerprint density at radius 1 is 1.19 bits per heavy atom. The van der Waals surface area contributed by atoms with Crippen LogP contribution in [-0.2, 0) is 24.9 Å². The topological polar surface area (TPSA) is 59.4 Å². The van der Waals surface area contributed by atoms with Crippen molar-refractivity contribution < 1.29 is 34.7 Å². The van der Waals surface area contributed by atoms with Gasteiger partial charge in [0.1, 0.15) is 11.3 Å². The van der Waals surface area contributed by atoms with Crippen LogP contribution < -0.4 is 4.74 Å². The summed E-state index contributed by atoms with van der Waals surface area (Å²) in [6, 6.07) is 19.2. The van der Waals surface area contributed by atoms with Gasteiger partial charge in [-0.25, -0.2) is 0 Å². The summed E-state index contributed by atoms with van der Waals surface area (Å²) in [5.41, 5.74) is 4.02. The Labute approximate surface area is 173 Å². The monoisotopic (exact) mass is 541 g/mol. The fourth-order valence-electron chi connectivity index (χ4n) is 2.54. The first-order valence-electron chi connectivity index (χ1n) is 8.21. The quantitative estimate of drug-likeness (QED) is 0.287. The van der Waals surface area contributed by atoms with Crippen molar-refractivity contribution in [3.8, 4) is 17.0 Å². The van der Waals surface area contributed by atoms with Gasteiger partial charge in [-0.1, -0.05) is 18.2 Å². The minimum atomic E-state index is -0.125. The second kappa shape index (κ2) is 10.6. The number of hydrogen-bond donors (Lipinski definition) is 1. The number of methoxy groups -OCH3 is 1. The molecular formula is C22H22IrNO3-. The van der Waals surface area contributed by atoms with Crippen molar-refractivity contribution in [2.24, 2.45) is 0 Å². The van der Waals surface area contributed by atoms with Gasteiger partial charge in [0.2, 0.25) is 0 Å². The Bertz CT molecular complexity index is 933. The van der Waals surface area contributed by atoms with E-state index in [0.717, 1.165) is 27.9 Å². The van der Waals surface area contributed by atoms with Gasteiger partial charge in [0.15, 0.2) is 5.78 Å². The van der Waals surface area contributed by atoms with Crippen molar-refractivity contribution in [2.45, 2.75) is 20.8 Å². The predicted molar refractivity (Wildman–Crippen MR) is 104 cm³/mol. The van der Waals surface area contributed by atoms with E-state index in [1.807, 2.05) is 36.4 Å². The molecule has 1 aromatic heterocycles. The first kappa shape index (κ1) is 22.6. The molecule has 0 unspecified atom stereocenters. The molecule has 0 bridgehead atoms. The van der Waals surface area contributed by atoms with Crippen LogP contribution in [0.15, 0.2) is 60.4 Å². The summed E-state index contributed by atoms with van der Waals surface area (Å²) >= 11 is 0. The van der Waals surface area contributed by atoms with E-state index in [-0.39, 0.29) is 31.6 Å². The normalized spacial score (nSPS) is 10.4. The van der Waals surface area contributed by atoms with E-state index in [2.05, 4.69) is 25.1 Å². The number of pyridine rings is 1. The second-order valence-electron chi connectivity index (χ2n) is 5.85. The smallest absolute Gasteiger partial charge is 0.155 e. The molecule has 1 heterocycles. The third-order valence-electron chi connectivity index (χ3n) is 3.63. The van der Waals surface area contributed by atoms with Crippen molar-refractivity contribution in [2.75, 3.05) is 7.11 Å². The number of fused-ring (bicyclic) bond motifs is 1. The SMILES string of the molecule is CC(=O)/C=C(/C)O.COc1cccc2c(C)cc(-c3[c-]cccc3)nc12.[Ir]. The van der Waals surface area contributed by atoms with Crippen molar-refractivity contribution in [1.29, 1.82) is 0 Å². The standard InChI is InChI=1S/C17H14NO.C5H8O2.Ir/c1-12-11-15(13-7-4-3-5-8-13)18-17-14(12)9-6-10-16(17)19-2;1-4(6)3-5(2)7;/h3-7,9-11H,1-2H3;3,6H,1-2H3;/q-1;;/b;4-3-;. The number of nitrogens with zero attached hydrogens (tertiary/aromatic N) is 1. The molecule has 0 aliphatic carbocycles. The maximum atomic E-state index is 10.0. The van der Waals surface area contributed by atoms with Gasteiger partial charge in [0, 0.05) is 31.6 Å². The number of carbonyl (C=O) groups excluding carboxylic acids is 1. The van der Waals surface area contributed by atoms with E-state index in [1.165, 1.54) is 25.5 Å². The van der Waals surface area contributed by atoms with E-state index >= 15 is 0 Å². The Kier molecular flexibility index (Phi) is 8.86. The molecular weight excluding hydrogens is 518 g/mol. The van der Waals surface area contributed by atoms with Crippen LogP contribution >= 0.6 is 0 Å². The summed E-state index contributed by atoms with van der Waals surface area (Å²) < 4.78 is 5.40. The summed E-state index contributed by atoms with van der Waals surface area (Å²) in [5.74, 6) is 0.742. The number of aliphatic hydroxyl groups is 1. The molecule has 143 valence electrons. The summed E-state index contributed by atoms with van der Waals surface area (Å²) in [6.07, 6.45) is 1.17. The van der Waals surface area contributed by atoms with Gasteiger partial charge in [-0.05, 0) is 38.1 Å². The Morgan fingerprint density at radius 3 is 2.44 bits per heavy atom. The van der Waals surface area contributed by atoms with Crippen LogP contribution in [0.5, 0.6) is 5.75 Å². The third-order valence-corrected chi connectivity index (χ3v) is 3.63. The van der Waals surface area contributed by atoms with Crippen LogP contribution in [0.2, 0.25) is 0 Å². The van der Waals surface area contributed by atoms with Crippen LogP contribution in [0.4, 0.5) is 0 Å². The molecule has 4 nitrogen and oxygen atoms in total. The second-order valence-corrected chi connectivity index (χ2v) is 5.85. The predicted octanol–water partition coefficient (Wildman–Crippen LogP) is 5.05. The Hall–Kier alpha value is -2.49. The molecule has 1 radical (unpaired) electrons. The number of ether oxygens (including phenoxy) is 1. The van der Waals surface area contributed by atoms with Gasteiger partial charge in [-0.3, -0.25) is 9.78 Å². The number of rotatable bonds is 3. The number of aromatic nitrogens is 1. The van der Waals surface area contributed by atoms with Gasteiger partial charge in [0.05, 0.1) is 12.9 Å². The molecule has 0 atom stereocenters. The molecule has 3 aromatic rings. The molecule has 0 spiro atoms. The van der Waals surface area contributed by atoms with Gasteiger partial charge >= 0.3 is 0 Å². The number of ketones is 1. The van der Waals surface area contributed by atoms with E-state index in [9.17, 15) is 4.79 Å². The first-order chi connectivity index (χ1) is 12.4. The zero-order valence-electron chi connectivity index (χ0n) is 15.7. The number of allylic oxidation sites excluding steroid dienone is 2. The van der Waals surface area contributed by atoms with Crippen LogP contribution in [0.3, 0.4) is 0 Å². The number of hydrogen-bond acceptors (Lipinski definition) is 4. The number of aryl methyl sites for hydroxylation is 1. The first-order valence-corrected chi connectivity index (χ1v) is 8.21. The molecule has 0 aliphatic heterocycles. The molecule has 0 saturated carbocycles. The third kappa shape index (κ3) is 6.31. The maximum absolute atomic E-state index is 10.0. The summed E-state index contributed by atoms with van der Waals surface area (Å²) in [4.78, 5) is 14.7. The molecule has 3 rings (SSSR count). The molecule has 27 heavy (non-hydrogen) atoms. The average molecular weight is 541 g/mol. The van der Waals surface area contributed by atoms with Gasteiger partial charge in [0.25, 0.3) is 0 Å². The summed E-state index contributed by atoms with van der Waals surface area (Å²) in [6.45, 7) is 4.94. The molecule has 2 aromatic carbocycles. The van der Waals surface area contributed by atoms with Crippen LogP contribution in [0.1, 0.15) is 19.4 Å². The largest absolute Gasteiger partial charge is 0.512 e. The molecule has 0 aliphatic rings. The maximum Gasteiger partial charge on any atom is 0.155 e. The van der Waals surface area contributed by atoms with E-state index in [4.69, 9.17) is 14.8 Å². The number of para-hydroxylation sites is 1. The van der Waals surface area contributed by atoms with Crippen molar-refractivity contribution in [3.05, 3.63) is 72.0 Å². The number of carbonyl (C=O) groups is 1. The molecule has 0 fully saturated rings. The molecule has 0 amide bonds. The summed E-state index contributed by atoms with van der Waals surface area (Å²) in [7, 11) is 1.67. The Morgan fingerprint density at radius 2 is 1.93 bits per heavy atom. The molecule has 0 saturated heterocycles. The van der Waals surface area contributed by atoms with Crippen molar-refractivity contribution in [1.82, 2.24) is 4.98 Å². The number of aliphatic hydroxyl groups excluding tert-OH is 1. The van der Waals surface area contributed by atoms with E-state index < -0.39 is 0 Å². The van der Waals surface area contributed by atoms with Crippen LogP contribution in [-0.4, -0.2) is 23.0 Å². The zero-order chi connectivity index (χ0) is 19.1. The van der Waals surface area contributed by atoms with Gasteiger partial charge in [-0.2, -0.15) is 0 Å². The minimum absolute atomic E-state index is 0. The van der Waals surface area contributed by atoms with Crippen LogP contribution in [0.25, 0.3) is 22.2 Å². The van der Waals surface area contributed by atoms with Gasteiger partial charge in [-0.15, -0.1) is 35.9 Å². The minimum Gasteiger partial charge on any atom is -0.512 e. The number of benzene rings is 2. The van der Waals surface area contributed by atoms with Gasteiger partial charge < -0.3 is 9.84 Å². The molecule has 1 N–H and O–H groups in total. The van der Waals surface area contributed by atoms with E-state index in [1.54, 1.807) is 7.11 Å². The van der Waals surface area contributed by atoms with E-state index in [0.29, 0.717) is 0 Å². The van der Waals surface area contributed by atoms with Crippen molar-refractivity contribution in [3.63, 3.8) is 0 Å². The average Bonchev–Trinajstić information content (AvgIpc) is 2.61. The Balaban J connectivity index is 0.000000395. The fourth-order valence-corrected chi connectivity index (χ4v) is 2.54. The summed E-state index contributed by atoms with van der Waals surface area (Å²) in [5, 5.41) is 9.49. The van der Waals surface area contributed by atoms with Crippen molar-refractivity contribution >= 4 is 16.7 Å². The molecule has 5 heteroatoms. The zero-order valence-corrected chi connectivity index (χ0v) is 18.1. The fraction of sp³-hybridized carbons (Fsp3) is 0.182.